The molecule has 0 aromatic carbocycles. The average molecular weight is 433 g/mol. The minimum Gasteiger partial charge on any atom is -0.345 e. The number of rotatable bonds is 9. The lowest BCUT2D eigenvalue weighted by molar-refractivity contribution is -0.136. The van der Waals surface area contributed by atoms with Crippen LogP contribution < -0.4 is 10.8 Å². The topological polar surface area (TPSA) is 185 Å². The Balaban J connectivity index is 1.41. The fourth-order valence-electron chi connectivity index (χ4n) is 3.04. The minimum absolute atomic E-state index is 0.0596. The molecule has 15 nitrogen and oxygen atoms in total. The van der Waals surface area contributed by atoms with E-state index in [-0.39, 0.29) is 32.5 Å². The molecule has 0 radical (unpaired) electrons. The third kappa shape index (κ3) is 5.37. The number of piperidine rings is 1. The number of carbonyl (C=O) groups is 3. The fraction of sp³-hybridized carbons (Fsp3) is 0.615. The largest absolute Gasteiger partial charge is 0.418 e. The molecule has 2 fully saturated rings. The van der Waals surface area contributed by atoms with Crippen molar-refractivity contribution in [3.05, 3.63) is 12.7 Å². The van der Waals surface area contributed by atoms with Gasteiger partial charge in [-0.3, -0.25) is 23.7 Å². The summed E-state index contributed by atoms with van der Waals surface area (Å²) in [5.41, 5.74) is 2.16. The van der Waals surface area contributed by atoms with E-state index in [4.69, 9.17) is 9.39 Å². The van der Waals surface area contributed by atoms with Crippen molar-refractivity contribution in [3.8, 4) is 0 Å². The molecule has 2 saturated heterocycles. The van der Waals surface area contributed by atoms with Crippen LogP contribution in [0.25, 0.3) is 0 Å². The van der Waals surface area contributed by atoms with Gasteiger partial charge in [-0.15, -0.1) is 4.28 Å². The number of nitrogens with zero attached hydrogens (tertiary/aromatic N) is 5. The van der Waals surface area contributed by atoms with E-state index in [1.165, 1.54) is 17.3 Å². The van der Waals surface area contributed by atoms with Gasteiger partial charge in [0.1, 0.15) is 18.7 Å². The van der Waals surface area contributed by atoms with Crippen molar-refractivity contribution in [1.29, 1.82) is 0 Å². The number of fused-ring (bicyclic) bond motifs is 2. The SMILES string of the molecule is O=C(CNC(=O)[C@@H]1CC[C@@H]2CN1C(=O)N2OS(=O)(=O)O)NOCCn1cncn1. The molecule has 16 heteroatoms. The highest BCUT2D eigenvalue weighted by Gasteiger charge is 2.49. The fourth-order valence-corrected chi connectivity index (χ4v) is 3.43. The summed E-state index contributed by atoms with van der Waals surface area (Å²) in [6, 6.07) is -2.35. The molecule has 160 valence electrons. The van der Waals surface area contributed by atoms with Crippen molar-refractivity contribution in [2.45, 2.75) is 31.5 Å². The van der Waals surface area contributed by atoms with Crippen molar-refractivity contribution in [2.75, 3.05) is 19.7 Å². The van der Waals surface area contributed by atoms with Crippen LogP contribution in [0.5, 0.6) is 0 Å². The van der Waals surface area contributed by atoms with Crippen LogP contribution in [0.15, 0.2) is 12.7 Å². The zero-order valence-corrected chi connectivity index (χ0v) is 15.8. The molecule has 2 aliphatic heterocycles. The highest BCUT2D eigenvalue weighted by molar-refractivity contribution is 7.80. The molecule has 1 aromatic heterocycles. The molecule has 0 saturated carbocycles. The standard InChI is InChI=1S/C13H19N7O8S/c21-11(17-27-4-3-18-8-14-7-16-18)5-15-12(22)10-2-1-9-6-19(10)13(23)20(9)28-29(24,25)26/h7-10H,1-6H2,(H,15,22)(H,17,21)(H,24,25,26)/t9-,10+/m1/s1. The van der Waals surface area contributed by atoms with Gasteiger partial charge in [0.05, 0.1) is 25.7 Å². The average Bonchev–Trinajstić information content (AvgIpc) is 3.26. The molecular formula is C13H19N7O8S. The maximum Gasteiger partial charge on any atom is 0.418 e. The van der Waals surface area contributed by atoms with Gasteiger partial charge in [0.15, 0.2) is 0 Å². The van der Waals surface area contributed by atoms with E-state index in [0.717, 1.165) is 4.90 Å². The summed E-state index contributed by atoms with van der Waals surface area (Å²) < 4.78 is 36.3. The summed E-state index contributed by atoms with van der Waals surface area (Å²) >= 11 is 0. The van der Waals surface area contributed by atoms with Crippen LogP contribution in [0.3, 0.4) is 0 Å². The van der Waals surface area contributed by atoms with Crippen LogP contribution >= 0.6 is 0 Å². The Morgan fingerprint density at radius 3 is 2.83 bits per heavy atom. The lowest BCUT2D eigenvalue weighted by atomic mass is 10.0. The van der Waals surface area contributed by atoms with Crippen molar-refractivity contribution in [2.24, 2.45) is 0 Å². The first-order valence-corrected chi connectivity index (χ1v) is 9.88. The Labute approximate surface area is 164 Å². The second-order valence-corrected chi connectivity index (χ2v) is 7.26. The van der Waals surface area contributed by atoms with Crippen molar-refractivity contribution in [1.82, 2.24) is 35.5 Å². The first kappa shape index (κ1) is 20.9. The molecule has 3 N–H and O–H groups in total. The number of hydrogen-bond donors (Lipinski definition) is 3. The zero-order valence-electron chi connectivity index (χ0n) is 15.0. The van der Waals surface area contributed by atoms with Gasteiger partial charge in [-0.25, -0.2) is 15.3 Å². The summed E-state index contributed by atoms with van der Waals surface area (Å²) in [4.78, 5) is 46.2. The van der Waals surface area contributed by atoms with Crippen molar-refractivity contribution >= 4 is 28.2 Å². The summed E-state index contributed by atoms with van der Waals surface area (Å²) in [6.45, 7) is 0.188. The molecule has 3 rings (SSSR count). The number of aromatic nitrogens is 3. The number of hydrogen-bond acceptors (Lipinski definition) is 9. The van der Waals surface area contributed by atoms with Crippen LogP contribution in [-0.4, -0.2) is 87.3 Å². The van der Waals surface area contributed by atoms with Crippen LogP contribution in [0.2, 0.25) is 0 Å². The first-order chi connectivity index (χ1) is 13.7. The van der Waals surface area contributed by atoms with Gasteiger partial charge < -0.3 is 10.2 Å². The Hall–Kier alpha value is -2.82. The lowest BCUT2D eigenvalue weighted by Gasteiger charge is -2.29. The summed E-state index contributed by atoms with van der Waals surface area (Å²) in [6.07, 6.45) is 3.37. The summed E-state index contributed by atoms with van der Waals surface area (Å²) in [5.74, 6) is -1.18. The lowest BCUT2D eigenvalue weighted by Crippen LogP contribution is -2.51. The predicted octanol–water partition coefficient (Wildman–Crippen LogP) is -2.55. The quantitative estimate of drug-likeness (QED) is 0.213. The van der Waals surface area contributed by atoms with Crippen LogP contribution in [0.1, 0.15) is 12.8 Å². The Morgan fingerprint density at radius 2 is 2.14 bits per heavy atom. The first-order valence-electron chi connectivity index (χ1n) is 8.52. The molecule has 0 spiro atoms. The molecule has 0 aliphatic carbocycles. The highest BCUT2D eigenvalue weighted by atomic mass is 32.3. The Bertz CT molecular complexity index is 861. The van der Waals surface area contributed by atoms with Crippen molar-refractivity contribution in [3.63, 3.8) is 0 Å². The molecular weight excluding hydrogens is 414 g/mol. The normalized spacial score (nSPS) is 21.3. The maximum absolute atomic E-state index is 12.3. The Morgan fingerprint density at radius 1 is 1.34 bits per heavy atom. The second-order valence-electron chi connectivity index (χ2n) is 6.26. The van der Waals surface area contributed by atoms with Crippen LogP contribution in [-0.2, 0) is 35.7 Å². The molecule has 1 aromatic rings. The highest BCUT2D eigenvalue weighted by Crippen LogP contribution is 2.30. The van der Waals surface area contributed by atoms with E-state index in [2.05, 4.69) is 25.2 Å². The van der Waals surface area contributed by atoms with E-state index in [1.807, 2.05) is 0 Å². The summed E-state index contributed by atoms with van der Waals surface area (Å²) in [7, 11) is -4.86. The number of hydroxylamine groups is 3. The molecule has 29 heavy (non-hydrogen) atoms. The van der Waals surface area contributed by atoms with Gasteiger partial charge in [0.25, 0.3) is 5.91 Å². The van der Waals surface area contributed by atoms with E-state index in [9.17, 15) is 22.8 Å². The smallest absolute Gasteiger partial charge is 0.345 e. The molecule has 2 bridgehead atoms. The van der Waals surface area contributed by atoms with Crippen LogP contribution in [0.4, 0.5) is 4.79 Å². The van der Waals surface area contributed by atoms with E-state index < -0.39 is 40.3 Å². The number of carbonyl (C=O) groups excluding carboxylic acids is 3. The van der Waals surface area contributed by atoms with Gasteiger partial charge in [-0.2, -0.15) is 18.6 Å². The van der Waals surface area contributed by atoms with Crippen LogP contribution in [0, 0.1) is 0 Å². The van der Waals surface area contributed by atoms with Gasteiger partial charge in [-0.1, -0.05) is 0 Å². The van der Waals surface area contributed by atoms with Gasteiger partial charge in [0, 0.05) is 6.54 Å². The number of urea groups is 1. The molecule has 4 amide bonds. The number of amides is 4. The van der Waals surface area contributed by atoms with Gasteiger partial charge in [-0.05, 0) is 12.8 Å². The monoisotopic (exact) mass is 433 g/mol. The Kier molecular flexibility index (Phi) is 6.26. The minimum atomic E-state index is -4.86. The van der Waals surface area contributed by atoms with E-state index in [0.29, 0.717) is 11.6 Å². The van der Waals surface area contributed by atoms with E-state index in [1.54, 1.807) is 0 Å². The summed E-state index contributed by atoms with van der Waals surface area (Å²) in [5, 5.41) is 6.79. The van der Waals surface area contributed by atoms with Crippen molar-refractivity contribution < 1.29 is 36.5 Å². The third-order valence-corrected chi connectivity index (χ3v) is 4.65. The second kappa shape index (κ2) is 8.68. The maximum atomic E-state index is 12.3. The molecule has 2 atom stereocenters. The molecule has 0 unspecified atom stereocenters. The third-order valence-electron chi connectivity index (χ3n) is 4.30. The van der Waals surface area contributed by atoms with Gasteiger partial charge in [0.2, 0.25) is 5.91 Å². The van der Waals surface area contributed by atoms with Gasteiger partial charge >= 0.3 is 16.4 Å². The molecule has 2 aliphatic rings. The number of nitrogens with one attached hydrogen (secondary N) is 2. The predicted molar refractivity (Wildman–Crippen MR) is 90.5 cm³/mol. The zero-order chi connectivity index (χ0) is 21.0. The van der Waals surface area contributed by atoms with E-state index >= 15 is 0 Å². The molecule has 3 heterocycles.